The maximum Gasteiger partial charge on any atom is 0.305 e. The Hall–Kier alpha value is -2.42. The van der Waals surface area contributed by atoms with Gasteiger partial charge in [0.05, 0.1) is 13.2 Å². The molecule has 0 bridgehead atoms. The minimum Gasteiger partial charge on any atom is -0.466 e. The number of esters is 2. The summed E-state index contributed by atoms with van der Waals surface area (Å²) >= 11 is 0. The Morgan fingerprint density at radius 2 is 0.769 bits per heavy atom. The van der Waals surface area contributed by atoms with Crippen molar-refractivity contribution in [1.29, 1.82) is 0 Å². The largest absolute Gasteiger partial charge is 0.466 e. The molecule has 1 aromatic rings. The lowest BCUT2D eigenvalue weighted by Crippen LogP contribution is -2.37. The molecule has 0 radical (unpaired) electrons. The van der Waals surface area contributed by atoms with E-state index in [0.29, 0.717) is 55.8 Å². The highest BCUT2D eigenvalue weighted by Crippen LogP contribution is 2.24. The van der Waals surface area contributed by atoms with Crippen molar-refractivity contribution < 1.29 is 19.1 Å². The molecule has 0 saturated carbocycles. The Labute approximate surface area is 400 Å². The quantitative estimate of drug-likeness (QED) is 0.0375. The summed E-state index contributed by atoms with van der Waals surface area (Å²) < 4.78 is 11.4. The normalized spacial score (nSPS) is 11.7. The standard InChI is InChI=1S/C56H105N3O6/c1-6-10-14-16-20-28-37-50(38-29-21-17-15-11-7-2)42-48-65-52(61)40-31-23-19-25-33-45-59(46-34-43-58-54-53(57-5)55(62)56(54)63)44-32-24-18-22-30-39-51(60)64-47-41-49(35-26-12-8-3)36-27-13-9-4/h49-50,57-58H,6-48H2,1-5H3. The molecule has 1 aromatic carbocycles. The molecule has 0 atom stereocenters. The van der Waals surface area contributed by atoms with Gasteiger partial charge in [-0.1, -0.05) is 207 Å². The first kappa shape index (κ1) is 60.6. The molecule has 0 amide bonds. The van der Waals surface area contributed by atoms with E-state index in [1.807, 2.05) is 0 Å². The SMILES string of the molecule is CCCCCCCCC(CCCCCCCC)CCOC(=O)CCCCCCCN(CCCCCCCC(=O)OCCC(CCCCC)CCCCC)CCCNc1c(NC)c(=O)c1=O. The molecule has 0 aliphatic heterocycles. The van der Waals surface area contributed by atoms with Crippen molar-refractivity contribution in [1.82, 2.24) is 4.90 Å². The Bertz CT molecular complexity index is 1290. The molecule has 9 heteroatoms. The van der Waals surface area contributed by atoms with Crippen LogP contribution in [0, 0.1) is 11.8 Å². The summed E-state index contributed by atoms with van der Waals surface area (Å²) in [5, 5.41) is 6.03. The molecule has 0 unspecified atom stereocenters. The van der Waals surface area contributed by atoms with Gasteiger partial charge in [-0.25, -0.2) is 0 Å². The van der Waals surface area contributed by atoms with Gasteiger partial charge >= 0.3 is 11.9 Å². The van der Waals surface area contributed by atoms with Crippen molar-refractivity contribution >= 4 is 23.3 Å². The lowest BCUT2D eigenvalue weighted by atomic mass is 9.91. The van der Waals surface area contributed by atoms with Crippen molar-refractivity contribution in [2.45, 2.75) is 265 Å². The van der Waals surface area contributed by atoms with Gasteiger partial charge in [-0.3, -0.25) is 19.2 Å². The second kappa shape index (κ2) is 44.1. The van der Waals surface area contributed by atoms with E-state index >= 15 is 0 Å². The third kappa shape index (κ3) is 33.7. The zero-order valence-corrected chi connectivity index (χ0v) is 43.5. The number of anilines is 2. The summed E-state index contributed by atoms with van der Waals surface area (Å²) in [6.07, 6.45) is 43.5. The van der Waals surface area contributed by atoms with Gasteiger partial charge in [0, 0.05) is 26.4 Å². The molecule has 0 saturated heterocycles. The second-order valence-corrected chi connectivity index (χ2v) is 19.7. The third-order valence-corrected chi connectivity index (χ3v) is 13.8. The van der Waals surface area contributed by atoms with Gasteiger partial charge < -0.3 is 25.0 Å². The molecule has 0 fully saturated rings. The van der Waals surface area contributed by atoms with Crippen molar-refractivity contribution in [3.63, 3.8) is 0 Å². The van der Waals surface area contributed by atoms with Crippen LogP contribution in [-0.2, 0) is 19.1 Å². The lowest BCUT2D eigenvalue weighted by Gasteiger charge is -2.23. The van der Waals surface area contributed by atoms with Crippen LogP contribution in [0.4, 0.5) is 11.4 Å². The molecule has 0 aliphatic rings. The maximum absolute atomic E-state index is 12.6. The first-order chi connectivity index (χ1) is 31.8. The van der Waals surface area contributed by atoms with Crippen molar-refractivity contribution in [2.24, 2.45) is 11.8 Å². The van der Waals surface area contributed by atoms with Crippen LogP contribution in [-0.4, -0.2) is 63.3 Å². The Balaban J connectivity index is 2.37. The van der Waals surface area contributed by atoms with E-state index in [1.54, 1.807) is 7.05 Å². The van der Waals surface area contributed by atoms with Gasteiger partial charge in [0.2, 0.25) is 0 Å². The molecular formula is C56H105N3O6. The van der Waals surface area contributed by atoms with Crippen LogP contribution in [0.15, 0.2) is 9.59 Å². The number of hydrogen-bond acceptors (Lipinski definition) is 9. The average Bonchev–Trinajstić information content (AvgIpc) is 3.30. The third-order valence-electron chi connectivity index (χ3n) is 13.8. The first-order valence-electron chi connectivity index (χ1n) is 28.1. The number of ether oxygens (including phenoxy) is 2. The van der Waals surface area contributed by atoms with E-state index in [9.17, 15) is 19.2 Å². The number of nitrogens with zero attached hydrogens (tertiary/aromatic N) is 1. The van der Waals surface area contributed by atoms with Crippen LogP contribution in [0.5, 0.6) is 0 Å². The smallest absolute Gasteiger partial charge is 0.305 e. The van der Waals surface area contributed by atoms with Gasteiger partial charge in [0.1, 0.15) is 11.4 Å². The summed E-state index contributed by atoms with van der Waals surface area (Å²) in [5.74, 6) is 1.31. The number of carbonyl (C=O) groups is 2. The number of rotatable bonds is 50. The average molecular weight is 916 g/mol. The maximum atomic E-state index is 12.6. The molecule has 1 rings (SSSR count). The fourth-order valence-corrected chi connectivity index (χ4v) is 9.40. The molecule has 65 heavy (non-hydrogen) atoms. The molecule has 2 N–H and O–H groups in total. The molecule has 0 heterocycles. The Kier molecular flexibility index (Phi) is 41.1. The topological polar surface area (TPSA) is 114 Å². The Morgan fingerprint density at radius 3 is 1.20 bits per heavy atom. The number of nitrogens with one attached hydrogen (secondary N) is 2. The van der Waals surface area contributed by atoms with E-state index in [2.05, 4.69) is 43.2 Å². The van der Waals surface area contributed by atoms with Gasteiger partial charge in [-0.15, -0.1) is 0 Å². The van der Waals surface area contributed by atoms with Crippen LogP contribution < -0.4 is 21.5 Å². The summed E-state index contributed by atoms with van der Waals surface area (Å²) in [6, 6.07) is 0. The van der Waals surface area contributed by atoms with Gasteiger partial charge in [-0.05, 0) is 76.4 Å². The van der Waals surface area contributed by atoms with Crippen molar-refractivity contribution in [3.8, 4) is 0 Å². The van der Waals surface area contributed by atoms with Crippen molar-refractivity contribution in [3.05, 3.63) is 20.4 Å². The van der Waals surface area contributed by atoms with E-state index in [-0.39, 0.29) is 11.9 Å². The van der Waals surface area contributed by atoms with Crippen LogP contribution >= 0.6 is 0 Å². The van der Waals surface area contributed by atoms with Crippen LogP contribution in [0.1, 0.15) is 265 Å². The van der Waals surface area contributed by atoms with E-state index in [0.717, 1.165) is 103 Å². The van der Waals surface area contributed by atoms with E-state index in [1.165, 1.54) is 141 Å². The van der Waals surface area contributed by atoms with E-state index in [4.69, 9.17) is 9.47 Å². The molecule has 0 aliphatic carbocycles. The number of unbranched alkanes of at least 4 members (excludes halogenated alkanes) is 22. The molecular weight excluding hydrogens is 811 g/mol. The van der Waals surface area contributed by atoms with Gasteiger partial charge in [0.15, 0.2) is 0 Å². The monoisotopic (exact) mass is 916 g/mol. The van der Waals surface area contributed by atoms with Crippen LogP contribution in [0.3, 0.4) is 0 Å². The predicted octanol–water partition coefficient (Wildman–Crippen LogP) is 14.9. The van der Waals surface area contributed by atoms with Gasteiger partial charge in [0.25, 0.3) is 10.9 Å². The molecule has 0 aromatic heterocycles. The van der Waals surface area contributed by atoms with Gasteiger partial charge in [-0.2, -0.15) is 0 Å². The summed E-state index contributed by atoms with van der Waals surface area (Å²) in [5.41, 5.74) is -0.0553. The minimum absolute atomic E-state index is 0.0251. The van der Waals surface area contributed by atoms with Crippen LogP contribution in [0.25, 0.3) is 0 Å². The van der Waals surface area contributed by atoms with Crippen LogP contribution in [0.2, 0.25) is 0 Å². The highest BCUT2D eigenvalue weighted by atomic mass is 16.5. The molecule has 9 nitrogen and oxygen atoms in total. The minimum atomic E-state index is -0.439. The Morgan fingerprint density at radius 1 is 0.431 bits per heavy atom. The summed E-state index contributed by atoms with van der Waals surface area (Å²) in [7, 11) is 1.67. The molecule has 0 spiro atoms. The summed E-state index contributed by atoms with van der Waals surface area (Å²) in [6.45, 7) is 13.9. The first-order valence-corrected chi connectivity index (χ1v) is 28.1. The van der Waals surface area contributed by atoms with Crippen molar-refractivity contribution in [2.75, 3.05) is 57.1 Å². The molecule has 380 valence electrons. The summed E-state index contributed by atoms with van der Waals surface area (Å²) in [4.78, 5) is 51.4. The zero-order chi connectivity index (χ0) is 47.4. The second-order valence-electron chi connectivity index (χ2n) is 19.7. The lowest BCUT2D eigenvalue weighted by molar-refractivity contribution is -0.145. The number of hydrogen-bond donors (Lipinski definition) is 2. The predicted molar refractivity (Wildman–Crippen MR) is 278 cm³/mol. The zero-order valence-electron chi connectivity index (χ0n) is 43.5. The highest BCUT2D eigenvalue weighted by Gasteiger charge is 2.19. The fourth-order valence-electron chi connectivity index (χ4n) is 9.40. The van der Waals surface area contributed by atoms with E-state index < -0.39 is 10.9 Å². The fraction of sp³-hybridized carbons (Fsp3) is 0.893. The highest BCUT2D eigenvalue weighted by molar-refractivity contribution is 5.73. The number of carbonyl (C=O) groups excluding carboxylic acids is 2.